The maximum atomic E-state index is 4.71. The van der Waals surface area contributed by atoms with Crippen molar-refractivity contribution in [1.82, 2.24) is 4.98 Å². The van der Waals surface area contributed by atoms with E-state index in [0.717, 1.165) is 11.9 Å². The van der Waals surface area contributed by atoms with Gasteiger partial charge in [0.1, 0.15) is 0 Å². The molecule has 0 amide bonds. The fraction of sp³-hybridized carbons (Fsp3) is 0.278. The van der Waals surface area contributed by atoms with Gasteiger partial charge in [0.15, 0.2) is 0 Å². The van der Waals surface area contributed by atoms with Gasteiger partial charge in [-0.15, -0.1) is 11.3 Å². The van der Waals surface area contributed by atoms with Crippen molar-refractivity contribution >= 4 is 37.5 Å². The lowest BCUT2D eigenvalue weighted by molar-refractivity contribution is 0.862. The summed E-state index contributed by atoms with van der Waals surface area (Å²) in [5, 5.41) is 1.19. The van der Waals surface area contributed by atoms with E-state index in [4.69, 9.17) is 4.98 Å². The molecule has 0 aliphatic carbocycles. The van der Waals surface area contributed by atoms with Crippen LogP contribution in [0, 0.1) is 0 Å². The van der Waals surface area contributed by atoms with E-state index >= 15 is 0 Å². The molecule has 3 heteroatoms. The van der Waals surface area contributed by atoms with Crippen molar-refractivity contribution in [3.63, 3.8) is 0 Å². The minimum atomic E-state index is 0.319. The molecular weight excluding hydrogens is 342 g/mol. The number of fused-ring (bicyclic) bond motifs is 1. The van der Waals surface area contributed by atoms with Crippen LogP contribution in [-0.4, -0.2) is 4.98 Å². The number of alkyl halides is 1. The highest BCUT2D eigenvalue weighted by molar-refractivity contribution is 9.09. The van der Waals surface area contributed by atoms with Gasteiger partial charge in [-0.3, -0.25) is 0 Å². The van der Waals surface area contributed by atoms with Gasteiger partial charge < -0.3 is 0 Å². The van der Waals surface area contributed by atoms with E-state index in [-0.39, 0.29) is 0 Å². The Balaban J connectivity index is 1.77. The Morgan fingerprint density at radius 1 is 1.00 bits per heavy atom. The second kappa shape index (κ2) is 6.29. The van der Waals surface area contributed by atoms with Crippen molar-refractivity contribution < 1.29 is 0 Å². The minimum absolute atomic E-state index is 0.319. The molecule has 108 valence electrons. The van der Waals surface area contributed by atoms with E-state index in [9.17, 15) is 0 Å². The average molecular weight is 360 g/mol. The van der Waals surface area contributed by atoms with Crippen molar-refractivity contribution in [1.29, 1.82) is 0 Å². The molecule has 0 radical (unpaired) electrons. The molecule has 1 atom stereocenters. The minimum Gasteiger partial charge on any atom is -0.241 e. The van der Waals surface area contributed by atoms with E-state index < -0.39 is 0 Å². The normalized spacial score (nSPS) is 13.0. The van der Waals surface area contributed by atoms with Crippen LogP contribution in [0.1, 0.15) is 40.7 Å². The van der Waals surface area contributed by atoms with E-state index in [2.05, 4.69) is 72.2 Å². The Labute approximate surface area is 138 Å². The highest BCUT2D eigenvalue weighted by atomic mass is 79.9. The molecule has 1 heterocycles. The number of aromatic nitrogens is 1. The van der Waals surface area contributed by atoms with Crippen molar-refractivity contribution in [3.8, 4) is 0 Å². The number of nitrogens with zero attached hydrogens (tertiary/aromatic N) is 1. The number of hydrogen-bond donors (Lipinski definition) is 0. The quantitative estimate of drug-likeness (QED) is 0.513. The first-order valence-corrected chi connectivity index (χ1v) is 8.95. The molecule has 0 bridgehead atoms. The molecule has 0 saturated carbocycles. The van der Waals surface area contributed by atoms with Gasteiger partial charge in [0.2, 0.25) is 0 Å². The molecule has 0 N–H and O–H groups in total. The monoisotopic (exact) mass is 359 g/mol. The van der Waals surface area contributed by atoms with Crippen LogP contribution in [0.2, 0.25) is 0 Å². The topological polar surface area (TPSA) is 12.9 Å². The van der Waals surface area contributed by atoms with Crippen molar-refractivity contribution in [3.05, 3.63) is 64.7 Å². The molecule has 0 saturated heterocycles. The standard InChI is InChI=1S/C18H18BrNS/c1-12(2)13-7-9-14(10-8-13)15(19)11-18-20-16-5-3-4-6-17(16)21-18/h3-10,12,15H,11H2,1-2H3. The molecule has 0 spiro atoms. The molecule has 0 aliphatic heterocycles. The van der Waals surface area contributed by atoms with Crippen LogP contribution in [0.3, 0.4) is 0 Å². The van der Waals surface area contributed by atoms with Crippen LogP contribution in [0.4, 0.5) is 0 Å². The lowest BCUT2D eigenvalue weighted by atomic mass is 10.0. The first-order valence-electron chi connectivity index (χ1n) is 7.22. The summed E-state index contributed by atoms with van der Waals surface area (Å²) in [5.74, 6) is 0.581. The van der Waals surface area contributed by atoms with Crippen LogP contribution < -0.4 is 0 Å². The fourth-order valence-corrected chi connectivity index (χ4v) is 4.21. The number of thiazole rings is 1. The second-order valence-corrected chi connectivity index (χ2v) is 7.79. The summed E-state index contributed by atoms with van der Waals surface area (Å²) in [5.41, 5.74) is 3.81. The molecule has 3 aromatic rings. The Morgan fingerprint density at radius 2 is 1.67 bits per heavy atom. The molecular formula is C18H18BrNS. The maximum absolute atomic E-state index is 4.71. The molecule has 2 aromatic carbocycles. The van der Waals surface area contributed by atoms with Crippen molar-refractivity contribution in [2.75, 3.05) is 0 Å². The molecule has 0 aliphatic rings. The van der Waals surface area contributed by atoms with Gasteiger partial charge in [0.25, 0.3) is 0 Å². The van der Waals surface area contributed by atoms with E-state index in [0.29, 0.717) is 10.7 Å². The third-order valence-electron chi connectivity index (χ3n) is 3.66. The number of hydrogen-bond acceptors (Lipinski definition) is 2. The van der Waals surface area contributed by atoms with Crippen molar-refractivity contribution in [2.24, 2.45) is 0 Å². The first-order chi connectivity index (χ1) is 10.1. The average Bonchev–Trinajstić information content (AvgIpc) is 2.89. The predicted octanol–water partition coefficient (Wildman–Crippen LogP) is 6.10. The van der Waals surface area contributed by atoms with Gasteiger partial charge in [-0.2, -0.15) is 0 Å². The Hall–Kier alpha value is -1.19. The number of rotatable bonds is 4. The van der Waals surface area contributed by atoms with E-state index in [1.807, 2.05) is 6.07 Å². The molecule has 1 nitrogen and oxygen atoms in total. The summed E-state index contributed by atoms with van der Waals surface area (Å²) in [4.78, 5) is 5.03. The SMILES string of the molecule is CC(C)c1ccc(C(Br)Cc2nc3ccccc3s2)cc1. The van der Waals surface area contributed by atoms with Gasteiger partial charge in [0.05, 0.1) is 15.2 Å². The fourth-order valence-electron chi connectivity index (χ4n) is 2.37. The van der Waals surface area contributed by atoms with Crippen LogP contribution in [0.25, 0.3) is 10.2 Å². The molecule has 3 rings (SSSR count). The van der Waals surface area contributed by atoms with Gasteiger partial charge in [-0.25, -0.2) is 4.98 Å². The van der Waals surface area contributed by atoms with Gasteiger partial charge in [0, 0.05) is 11.2 Å². The summed E-state index contributed by atoms with van der Waals surface area (Å²) >= 11 is 5.60. The highest BCUT2D eigenvalue weighted by Crippen LogP contribution is 2.31. The molecule has 21 heavy (non-hydrogen) atoms. The Bertz CT molecular complexity index is 697. The summed E-state index contributed by atoms with van der Waals surface area (Å²) in [6.07, 6.45) is 0.931. The molecule has 1 unspecified atom stereocenters. The zero-order chi connectivity index (χ0) is 14.8. The Morgan fingerprint density at radius 3 is 2.33 bits per heavy atom. The molecule has 1 aromatic heterocycles. The largest absolute Gasteiger partial charge is 0.241 e. The van der Waals surface area contributed by atoms with Gasteiger partial charge in [-0.05, 0) is 29.2 Å². The maximum Gasteiger partial charge on any atom is 0.0953 e. The van der Waals surface area contributed by atoms with Crippen LogP contribution in [-0.2, 0) is 6.42 Å². The number of benzene rings is 2. The highest BCUT2D eigenvalue weighted by Gasteiger charge is 2.12. The third kappa shape index (κ3) is 3.35. The lowest BCUT2D eigenvalue weighted by Gasteiger charge is -2.11. The Kier molecular flexibility index (Phi) is 4.41. The summed E-state index contributed by atoms with van der Waals surface area (Å²) < 4.78 is 1.27. The first kappa shape index (κ1) is 14.7. The zero-order valence-corrected chi connectivity index (χ0v) is 14.6. The lowest BCUT2D eigenvalue weighted by Crippen LogP contribution is -1.96. The smallest absolute Gasteiger partial charge is 0.0953 e. The second-order valence-electron chi connectivity index (χ2n) is 5.57. The van der Waals surface area contributed by atoms with Crippen LogP contribution in [0.5, 0.6) is 0 Å². The number of para-hydroxylation sites is 1. The summed E-state index contributed by atoms with van der Waals surface area (Å²) in [6, 6.07) is 17.2. The summed E-state index contributed by atoms with van der Waals surface area (Å²) in [7, 11) is 0. The van der Waals surface area contributed by atoms with E-state index in [1.165, 1.54) is 20.8 Å². The zero-order valence-electron chi connectivity index (χ0n) is 12.2. The predicted molar refractivity (Wildman–Crippen MR) is 95.5 cm³/mol. The summed E-state index contributed by atoms with van der Waals surface area (Å²) in [6.45, 7) is 4.45. The van der Waals surface area contributed by atoms with Gasteiger partial charge >= 0.3 is 0 Å². The van der Waals surface area contributed by atoms with Gasteiger partial charge in [-0.1, -0.05) is 66.2 Å². The molecule has 0 fully saturated rings. The van der Waals surface area contributed by atoms with Crippen molar-refractivity contribution in [2.45, 2.75) is 31.0 Å². The van der Waals surface area contributed by atoms with Crippen LogP contribution in [0.15, 0.2) is 48.5 Å². The third-order valence-corrected chi connectivity index (χ3v) is 5.57. The van der Waals surface area contributed by atoms with Crippen LogP contribution >= 0.6 is 27.3 Å². The number of halogens is 1. The van der Waals surface area contributed by atoms with E-state index in [1.54, 1.807) is 11.3 Å².